The largest absolute Gasteiger partial charge is 0.294 e. The molecule has 5 nitrogen and oxygen atoms in total. The smallest absolute Gasteiger partial charge is 0.174 e. The van der Waals surface area contributed by atoms with Crippen molar-refractivity contribution >= 4 is 23.1 Å². The summed E-state index contributed by atoms with van der Waals surface area (Å²) in [6, 6.07) is 12.3. The third kappa shape index (κ3) is 4.09. The van der Waals surface area contributed by atoms with E-state index in [1.54, 1.807) is 23.1 Å². The Balaban J connectivity index is 1.56. The second-order valence-corrected chi connectivity index (χ2v) is 7.54. The van der Waals surface area contributed by atoms with Gasteiger partial charge >= 0.3 is 0 Å². The normalized spacial score (nSPS) is 17.7. The van der Waals surface area contributed by atoms with Gasteiger partial charge in [-0.3, -0.25) is 9.80 Å². The van der Waals surface area contributed by atoms with E-state index in [1.807, 2.05) is 36.6 Å². The van der Waals surface area contributed by atoms with Crippen molar-refractivity contribution in [3.05, 3.63) is 40.9 Å². The first-order valence-corrected chi connectivity index (χ1v) is 9.61. The average molecular weight is 345 g/mol. The van der Waals surface area contributed by atoms with Crippen molar-refractivity contribution in [2.75, 3.05) is 32.4 Å². The Kier molecular flexibility index (Phi) is 5.62. The predicted molar refractivity (Wildman–Crippen MR) is 93.3 cm³/mol. The zero-order valence-corrected chi connectivity index (χ0v) is 14.7. The van der Waals surface area contributed by atoms with Crippen molar-refractivity contribution < 1.29 is 0 Å². The number of aromatic nitrogens is 2. The summed E-state index contributed by atoms with van der Waals surface area (Å²) in [5, 5.41) is 19.0. The van der Waals surface area contributed by atoms with Gasteiger partial charge in [-0.05, 0) is 11.8 Å². The molecule has 23 heavy (non-hydrogen) atoms. The Morgan fingerprint density at radius 3 is 2.57 bits per heavy atom. The number of benzene rings is 1. The van der Waals surface area contributed by atoms with Crippen LogP contribution in [-0.2, 0) is 6.54 Å². The fourth-order valence-corrected chi connectivity index (χ4v) is 4.11. The van der Waals surface area contributed by atoms with Crippen molar-refractivity contribution in [2.45, 2.75) is 16.9 Å². The molecule has 1 atom stereocenters. The van der Waals surface area contributed by atoms with E-state index in [0.717, 1.165) is 47.6 Å². The topological polar surface area (TPSA) is 56.1 Å². The summed E-state index contributed by atoms with van der Waals surface area (Å²) in [6.07, 6.45) is 2.02. The van der Waals surface area contributed by atoms with Gasteiger partial charge in [0.1, 0.15) is 11.0 Å². The highest BCUT2D eigenvalue weighted by Crippen LogP contribution is 2.23. The van der Waals surface area contributed by atoms with Crippen LogP contribution in [0.25, 0.3) is 0 Å². The maximum absolute atomic E-state index is 9.54. The van der Waals surface area contributed by atoms with Crippen LogP contribution in [0.5, 0.6) is 0 Å². The van der Waals surface area contributed by atoms with E-state index in [0.29, 0.717) is 0 Å². The van der Waals surface area contributed by atoms with Crippen LogP contribution in [-0.4, -0.2) is 52.4 Å². The molecular formula is C16H19N5S2. The molecule has 0 amide bonds. The molecule has 0 radical (unpaired) electrons. The van der Waals surface area contributed by atoms with Gasteiger partial charge in [0.25, 0.3) is 0 Å². The Morgan fingerprint density at radius 1 is 1.22 bits per heavy atom. The molecule has 0 aliphatic carbocycles. The molecule has 1 aliphatic heterocycles. The highest BCUT2D eigenvalue weighted by molar-refractivity contribution is 8.00. The molecule has 1 aliphatic rings. The standard InChI is InChI=1S/C16H19N5S2/c1-22-16-19-18-15(23-16)12-20-7-9-21(10-8-20)14(11-17)13-5-3-2-4-6-13/h2-6,14H,7-10,12H2,1H3/t14-/m0/s1. The Labute approximate surface area is 144 Å². The summed E-state index contributed by atoms with van der Waals surface area (Å²) in [6.45, 7) is 4.58. The molecule has 0 saturated carbocycles. The molecule has 1 fully saturated rings. The third-order valence-electron chi connectivity index (χ3n) is 3.99. The molecule has 0 spiro atoms. The molecule has 0 N–H and O–H groups in total. The van der Waals surface area contributed by atoms with Gasteiger partial charge < -0.3 is 0 Å². The Hall–Kier alpha value is -1.46. The van der Waals surface area contributed by atoms with E-state index < -0.39 is 0 Å². The van der Waals surface area contributed by atoms with E-state index in [2.05, 4.69) is 26.1 Å². The fraction of sp³-hybridized carbons (Fsp3) is 0.438. The van der Waals surface area contributed by atoms with E-state index in [4.69, 9.17) is 0 Å². The van der Waals surface area contributed by atoms with E-state index in [1.165, 1.54) is 0 Å². The Morgan fingerprint density at radius 2 is 1.96 bits per heavy atom. The number of piperazine rings is 1. The second kappa shape index (κ2) is 7.88. The van der Waals surface area contributed by atoms with Crippen molar-refractivity contribution in [1.29, 1.82) is 5.26 Å². The zero-order valence-electron chi connectivity index (χ0n) is 13.1. The minimum Gasteiger partial charge on any atom is -0.294 e. The van der Waals surface area contributed by atoms with Crippen LogP contribution in [0.15, 0.2) is 34.7 Å². The average Bonchev–Trinajstić information content (AvgIpc) is 3.06. The van der Waals surface area contributed by atoms with Gasteiger partial charge in [0.15, 0.2) is 4.34 Å². The number of thioether (sulfide) groups is 1. The van der Waals surface area contributed by atoms with E-state index in [-0.39, 0.29) is 6.04 Å². The van der Waals surface area contributed by atoms with Gasteiger partial charge in [0, 0.05) is 26.2 Å². The van der Waals surface area contributed by atoms with Crippen LogP contribution in [0.2, 0.25) is 0 Å². The molecule has 2 heterocycles. The molecule has 1 aromatic carbocycles. The summed E-state index contributed by atoms with van der Waals surface area (Å²) in [4.78, 5) is 4.65. The molecule has 2 aromatic rings. The van der Waals surface area contributed by atoms with Crippen LogP contribution >= 0.6 is 23.1 Å². The predicted octanol–water partition coefficient (Wildman–Crippen LogP) is 2.64. The van der Waals surface area contributed by atoms with Crippen LogP contribution in [0.4, 0.5) is 0 Å². The van der Waals surface area contributed by atoms with Crippen molar-refractivity contribution in [2.24, 2.45) is 0 Å². The summed E-state index contributed by atoms with van der Waals surface area (Å²) >= 11 is 3.31. The van der Waals surface area contributed by atoms with Gasteiger partial charge in [-0.15, -0.1) is 10.2 Å². The molecular weight excluding hydrogens is 326 g/mol. The quantitative estimate of drug-likeness (QED) is 0.777. The lowest BCUT2D eigenvalue weighted by atomic mass is 10.1. The highest BCUT2D eigenvalue weighted by atomic mass is 32.2. The molecule has 7 heteroatoms. The van der Waals surface area contributed by atoms with Gasteiger partial charge in [-0.1, -0.05) is 53.4 Å². The van der Waals surface area contributed by atoms with Crippen LogP contribution in [0.1, 0.15) is 16.6 Å². The number of hydrogen-bond donors (Lipinski definition) is 0. The molecule has 0 bridgehead atoms. The summed E-state index contributed by atoms with van der Waals surface area (Å²) in [7, 11) is 0. The van der Waals surface area contributed by atoms with Crippen molar-refractivity contribution in [1.82, 2.24) is 20.0 Å². The highest BCUT2D eigenvalue weighted by Gasteiger charge is 2.25. The SMILES string of the molecule is CSc1nnc(CN2CCN([C@@H](C#N)c3ccccc3)CC2)s1. The van der Waals surface area contributed by atoms with Crippen molar-refractivity contribution in [3.8, 4) is 6.07 Å². The van der Waals surface area contributed by atoms with Crippen LogP contribution in [0, 0.1) is 11.3 Å². The maximum atomic E-state index is 9.54. The lowest BCUT2D eigenvalue weighted by Crippen LogP contribution is -2.46. The fourth-order valence-electron chi connectivity index (χ4n) is 2.76. The van der Waals surface area contributed by atoms with Crippen molar-refractivity contribution in [3.63, 3.8) is 0 Å². The van der Waals surface area contributed by atoms with Gasteiger partial charge in [-0.25, -0.2) is 0 Å². The lowest BCUT2D eigenvalue weighted by molar-refractivity contribution is 0.109. The first-order valence-electron chi connectivity index (χ1n) is 7.57. The summed E-state index contributed by atoms with van der Waals surface area (Å²) in [5.74, 6) is 0. The number of rotatable bonds is 5. The molecule has 3 rings (SSSR count). The van der Waals surface area contributed by atoms with Gasteiger partial charge in [0.2, 0.25) is 0 Å². The number of nitrogens with zero attached hydrogens (tertiary/aromatic N) is 5. The minimum absolute atomic E-state index is 0.150. The van der Waals surface area contributed by atoms with Gasteiger partial charge in [0.05, 0.1) is 12.6 Å². The maximum Gasteiger partial charge on any atom is 0.174 e. The first kappa shape index (κ1) is 16.4. The zero-order chi connectivity index (χ0) is 16.1. The number of nitriles is 1. The van der Waals surface area contributed by atoms with Crippen LogP contribution in [0.3, 0.4) is 0 Å². The second-order valence-electron chi connectivity index (χ2n) is 5.42. The van der Waals surface area contributed by atoms with Crippen LogP contribution < -0.4 is 0 Å². The monoisotopic (exact) mass is 345 g/mol. The van der Waals surface area contributed by atoms with Gasteiger partial charge in [-0.2, -0.15) is 5.26 Å². The third-order valence-corrected chi connectivity index (χ3v) is 5.87. The Bertz CT molecular complexity index is 659. The molecule has 0 unspecified atom stereocenters. The molecule has 1 saturated heterocycles. The molecule has 1 aromatic heterocycles. The summed E-state index contributed by atoms with van der Waals surface area (Å²) in [5.41, 5.74) is 1.08. The summed E-state index contributed by atoms with van der Waals surface area (Å²) < 4.78 is 1.02. The van der Waals surface area contributed by atoms with E-state index in [9.17, 15) is 5.26 Å². The number of hydrogen-bond acceptors (Lipinski definition) is 7. The first-order chi connectivity index (χ1) is 11.3. The van der Waals surface area contributed by atoms with E-state index >= 15 is 0 Å². The lowest BCUT2D eigenvalue weighted by Gasteiger charge is -2.36. The minimum atomic E-state index is -0.150. The molecule has 120 valence electrons.